The summed E-state index contributed by atoms with van der Waals surface area (Å²) in [5.41, 5.74) is 3.67. The van der Waals surface area contributed by atoms with Gasteiger partial charge < -0.3 is 15.1 Å². The van der Waals surface area contributed by atoms with Crippen LogP contribution in [0.5, 0.6) is 0 Å². The Morgan fingerprint density at radius 3 is 2.52 bits per heavy atom. The standard InChI is InChI=1S/C22H31N3O2/c1-16-4-3-11-25(15-16)21(26)18-9-12-24(13-10-18)22(27)23-20-8-7-17-5-2-6-19(17)14-20/h7-8,14,16,18H,2-6,9-13,15H2,1H3,(H,23,27). The Morgan fingerprint density at radius 1 is 0.963 bits per heavy atom. The van der Waals surface area contributed by atoms with Crippen molar-refractivity contribution < 1.29 is 9.59 Å². The molecule has 1 aliphatic carbocycles. The monoisotopic (exact) mass is 369 g/mol. The third-order valence-electron chi connectivity index (χ3n) is 6.45. The van der Waals surface area contributed by atoms with Crippen molar-refractivity contribution in [2.75, 3.05) is 31.5 Å². The van der Waals surface area contributed by atoms with Gasteiger partial charge in [-0.05, 0) is 74.1 Å². The second-order valence-electron chi connectivity index (χ2n) is 8.56. The fraction of sp³-hybridized carbons (Fsp3) is 0.636. The summed E-state index contributed by atoms with van der Waals surface area (Å²) >= 11 is 0. The molecular formula is C22H31N3O2. The molecule has 2 saturated heterocycles. The molecule has 1 unspecified atom stereocenters. The van der Waals surface area contributed by atoms with Gasteiger partial charge in [0.25, 0.3) is 0 Å². The van der Waals surface area contributed by atoms with E-state index in [-0.39, 0.29) is 11.9 Å². The van der Waals surface area contributed by atoms with Crippen LogP contribution >= 0.6 is 0 Å². The summed E-state index contributed by atoms with van der Waals surface area (Å²) in [7, 11) is 0. The Balaban J connectivity index is 1.28. The van der Waals surface area contributed by atoms with Crippen LogP contribution in [0.2, 0.25) is 0 Å². The van der Waals surface area contributed by atoms with E-state index in [0.717, 1.165) is 50.9 Å². The summed E-state index contributed by atoms with van der Waals surface area (Å²) in [6, 6.07) is 6.23. The second-order valence-corrected chi connectivity index (χ2v) is 8.56. The number of urea groups is 1. The minimum Gasteiger partial charge on any atom is -0.342 e. The highest BCUT2D eigenvalue weighted by Gasteiger charge is 2.31. The maximum absolute atomic E-state index is 12.8. The summed E-state index contributed by atoms with van der Waals surface area (Å²) in [6.07, 6.45) is 7.38. The molecule has 2 heterocycles. The van der Waals surface area contributed by atoms with Gasteiger partial charge in [0, 0.05) is 37.8 Å². The highest BCUT2D eigenvalue weighted by molar-refractivity contribution is 5.89. The van der Waals surface area contributed by atoms with E-state index >= 15 is 0 Å². The number of hydrogen-bond donors (Lipinski definition) is 1. The minimum absolute atomic E-state index is 0.0366. The van der Waals surface area contributed by atoms with E-state index in [0.29, 0.717) is 24.9 Å². The molecule has 0 spiro atoms. The molecule has 2 fully saturated rings. The van der Waals surface area contributed by atoms with Crippen molar-refractivity contribution >= 4 is 17.6 Å². The normalized spacial score (nSPS) is 23.2. The minimum atomic E-state index is -0.0366. The number of benzene rings is 1. The van der Waals surface area contributed by atoms with Crippen LogP contribution in [0.3, 0.4) is 0 Å². The summed E-state index contributed by atoms with van der Waals surface area (Å²) in [6.45, 7) is 5.36. The van der Waals surface area contributed by atoms with E-state index in [2.05, 4.69) is 29.3 Å². The number of nitrogens with one attached hydrogen (secondary N) is 1. The Labute approximate surface area is 162 Å². The zero-order chi connectivity index (χ0) is 18.8. The SMILES string of the molecule is CC1CCCN(C(=O)C2CCN(C(=O)Nc3ccc4c(c3)CCC4)CC2)C1. The molecule has 5 nitrogen and oxygen atoms in total. The Morgan fingerprint density at radius 2 is 1.74 bits per heavy atom. The van der Waals surface area contributed by atoms with Crippen LogP contribution < -0.4 is 5.32 Å². The van der Waals surface area contributed by atoms with Crippen molar-refractivity contribution in [1.29, 1.82) is 0 Å². The third-order valence-corrected chi connectivity index (χ3v) is 6.45. The first-order chi connectivity index (χ1) is 13.1. The van der Waals surface area contributed by atoms with Crippen LogP contribution in [-0.2, 0) is 17.6 Å². The van der Waals surface area contributed by atoms with Crippen molar-refractivity contribution in [2.24, 2.45) is 11.8 Å². The molecule has 1 atom stereocenters. The van der Waals surface area contributed by atoms with Gasteiger partial charge in [-0.3, -0.25) is 4.79 Å². The second kappa shape index (κ2) is 7.91. The van der Waals surface area contributed by atoms with Crippen LogP contribution in [0, 0.1) is 11.8 Å². The van der Waals surface area contributed by atoms with E-state index in [1.807, 2.05) is 11.0 Å². The Hall–Kier alpha value is -2.04. The molecule has 27 heavy (non-hydrogen) atoms. The van der Waals surface area contributed by atoms with Crippen LogP contribution in [0.25, 0.3) is 0 Å². The summed E-state index contributed by atoms with van der Waals surface area (Å²) < 4.78 is 0. The Bertz CT molecular complexity index is 710. The molecule has 0 bridgehead atoms. The molecule has 5 heteroatoms. The van der Waals surface area contributed by atoms with E-state index < -0.39 is 0 Å². The molecule has 0 radical (unpaired) electrons. The van der Waals surface area contributed by atoms with Crippen molar-refractivity contribution in [3.63, 3.8) is 0 Å². The summed E-state index contributed by atoms with van der Waals surface area (Å²) in [5.74, 6) is 1.00. The van der Waals surface area contributed by atoms with Crippen LogP contribution in [0.1, 0.15) is 50.2 Å². The quantitative estimate of drug-likeness (QED) is 0.865. The van der Waals surface area contributed by atoms with Crippen molar-refractivity contribution in [2.45, 2.75) is 51.9 Å². The first kappa shape index (κ1) is 18.3. The topological polar surface area (TPSA) is 52.7 Å². The Kier molecular flexibility index (Phi) is 5.37. The van der Waals surface area contributed by atoms with Gasteiger partial charge in [-0.2, -0.15) is 0 Å². The molecule has 146 valence electrons. The lowest BCUT2D eigenvalue weighted by molar-refractivity contribution is -0.138. The molecule has 4 rings (SSSR count). The number of anilines is 1. The first-order valence-corrected chi connectivity index (χ1v) is 10.6. The predicted molar refractivity (Wildman–Crippen MR) is 107 cm³/mol. The average molecular weight is 370 g/mol. The van der Waals surface area contributed by atoms with Crippen LogP contribution in [-0.4, -0.2) is 47.9 Å². The van der Waals surface area contributed by atoms with Crippen molar-refractivity contribution in [3.05, 3.63) is 29.3 Å². The van der Waals surface area contributed by atoms with Gasteiger partial charge in [-0.25, -0.2) is 4.79 Å². The molecule has 1 aromatic rings. The van der Waals surface area contributed by atoms with Gasteiger partial charge in [0.1, 0.15) is 0 Å². The van der Waals surface area contributed by atoms with E-state index in [1.54, 1.807) is 0 Å². The van der Waals surface area contributed by atoms with Crippen LogP contribution in [0.4, 0.5) is 10.5 Å². The lowest BCUT2D eigenvalue weighted by Crippen LogP contribution is -2.47. The fourth-order valence-electron chi connectivity index (χ4n) is 4.83. The zero-order valence-electron chi connectivity index (χ0n) is 16.4. The smallest absolute Gasteiger partial charge is 0.321 e. The van der Waals surface area contributed by atoms with E-state index in [9.17, 15) is 9.59 Å². The van der Waals surface area contributed by atoms with Gasteiger partial charge in [-0.1, -0.05) is 13.0 Å². The predicted octanol–water partition coefficient (Wildman–Crippen LogP) is 3.68. The molecule has 0 saturated carbocycles. The van der Waals surface area contributed by atoms with Gasteiger partial charge in [0.2, 0.25) is 5.91 Å². The molecule has 2 aliphatic heterocycles. The van der Waals surface area contributed by atoms with Gasteiger partial charge in [-0.15, -0.1) is 0 Å². The summed E-state index contributed by atoms with van der Waals surface area (Å²) in [5, 5.41) is 3.05. The number of carbonyl (C=O) groups excluding carboxylic acids is 2. The van der Waals surface area contributed by atoms with E-state index in [4.69, 9.17) is 0 Å². The molecule has 1 aromatic carbocycles. The summed E-state index contributed by atoms with van der Waals surface area (Å²) in [4.78, 5) is 29.3. The number of nitrogens with zero attached hydrogens (tertiary/aromatic N) is 2. The number of likely N-dealkylation sites (tertiary alicyclic amines) is 2. The molecule has 3 aliphatic rings. The molecule has 0 aromatic heterocycles. The number of aryl methyl sites for hydroxylation is 2. The molecular weight excluding hydrogens is 338 g/mol. The van der Waals surface area contributed by atoms with E-state index in [1.165, 1.54) is 24.0 Å². The lowest BCUT2D eigenvalue weighted by Gasteiger charge is -2.37. The number of hydrogen-bond acceptors (Lipinski definition) is 2. The van der Waals surface area contributed by atoms with Crippen LogP contribution in [0.15, 0.2) is 18.2 Å². The lowest BCUT2D eigenvalue weighted by atomic mass is 9.93. The number of rotatable bonds is 2. The maximum Gasteiger partial charge on any atom is 0.321 e. The highest BCUT2D eigenvalue weighted by Crippen LogP contribution is 2.26. The third kappa shape index (κ3) is 4.12. The first-order valence-electron chi connectivity index (χ1n) is 10.6. The zero-order valence-corrected chi connectivity index (χ0v) is 16.4. The largest absolute Gasteiger partial charge is 0.342 e. The highest BCUT2D eigenvalue weighted by atomic mass is 16.2. The average Bonchev–Trinajstić information content (AvgIpc) is 3.15. The molecule has 1 N–H and O–H groups in total. The van der Waals surface area contributed by atoms with Gasteiger partial charge >= 0.3 is 6.03 Å². The van der Waals surface area contributed by atoms with Crippen molar-refractivity contribution in [3.8, 4) is 0 Å². The number of piperidine rings is 2. The number of carbonyl (C=O) groups is 2. The number of amides is 3. The number of fused-ring (bicyclic) bond motifs is 1. The van der Waals surface area contributed by atoms with Gasteiger partial charge in [0.15, 0.2) is 0 Å². The fourth-order valence-corrected chi connectivity index (χ4v) is 4.83. The van der Waals surface area contributed by atoms with Gasteiger partial charge in [0.05, 0.1) is 0 Å². The molecule has 3 amide bonds. The van der Waals surface area contributed by atoms with Crippen molar-refractivity contribution in [1.82, 2.24) is 9.80 Å². The maximum atomic E-state index is 12.8.